The zero-order chi connectivity index (χ0) is 18.3. The molecule has 4 rings (SSSR count). The molecule has 142 valence electrons. The Labute approximate surface area is 165 Å². The van der Waals surface area contributed by atoms with Crippen molar-refractivity contribution in [3.05, 3.63) is 33.3 Å². The number of ether oxygens (including phenoxy) is 1. The maximum atomic E-state index is 13.7. The number of aryl methyl sites for hydroxylation is 1. The summed E-state index contributed by atoms with van der Waals surface area (Å²) >= 11 is 12.5. The summed E-state index contributed by atoms with van der Waals surface area (Å²) < 4.78 is 5.80. The zero-order valence-corrected chi connectivity index (χ0v) is 16.8. The van der Waals surface area contributed by atoms with Gasteiger partial charge in [0.05, 0.1) is 29.2 Å². The van der Waals surface area contributed by atoms with E-state index in [9.17, 15) is 4.79 Å². The van der Waals surface area contributed by atoms with Crippen molar-refractivity contribution < 1.29 is 9.53 Å². The summed E-state index contributed by atoms with van der Waals surface area (Å²) in [6.45, 7) is 6.07. The summed E-state index contributed by atoms with van der Waals surface area (Å²) in [5, 5.41) is 1.11. The molecule has 1 aromatic rings. The van der Waals surface area contributed by atoms with Crippen molar-refractivity contribution in [2.45, 2.75) is 50.6 Å². The van der Waals surface area contributed by atoms with E-state index in [1.54, 1.807) is 0 Å². The molecular weight excluding hydrogens is 371 g/mol. The summed E-state index contributed by atoms with van der Waals surface area (Å²) in [7, 11) is 0. The van der Waals surface area contributed by atoms with Crippen LogP contribution in [0.2, 0.25) is 10.0 Å². The second-order valence-corrected chi connectivity index (χ2v) is 8.68. The first kappa shape index (κ1) is 18.5. The Hall–Kier alpha value is -0.810. The van der Waals surface area contributed by atoms with Crippen LogP contribution in [0.5, 0.6) is 0 Å². The van der Waals surface area contributed by atoms with Gasteiger partial charge in [-0.15, -0.1) is 0 Å². The molecule has 2 fully saturated rings. The largest absolute Gasteiger partial charge is 0.376 e. The first-order valence-electron chi connectivity index (χ1n) is 9.63. The van der Waals surface area contributed by atoms with Crippen LogP contribution in [0.3, 0.4) is 0 Å². The number of likely N-dealkylation sites (tertiary alicyclic amines) is 1. The van der Waals surface area contributed by atoms with Gasteiger partial charge < -0.3 is 9.64 Å². The number of benzene rings is 1. The Bertz CT molecular complexity index is 705. The van der Waals surface area contributed by atoms with Gasteiger partial charge in [0.2, 0.25) is 5.91 Å². The molecule has 4 nitrogen and oxygen atoms in total. The molecule has 0 N–H and O–H groups in total. The Morgan fingerprint density at radius 3 is 2.65 bits per heavy atom. The first-order chi connectivity index (χ1) is 12.5. The van der Waals surface area contributed by atoms with Crippen molar-refractivity contribution in [2.24, 2.45) is 0 Å². The van der Waals surface area contributed by atoms with Crippen LogP contribution in [0.25, 0.3) is 0 Å². The Balaban J connectivity index is 1.66. The number of amides is 1. The molecule has 1 amide bonds. The van der Waals surface area contributed by atoms with E-state index < -0.39 is 0 Å². The van der Waals surface area contributed by atoms with Gasteiger partial charge in [-0.1, -0.05) is 23.2 Å². The number of fused-ring (bicyclic) bond motifs is 1. The van der Waals surface area contributed by atoms with Crippen molar-refractivity contribution in [1.82, 2.24) is 9.80 Å². The number of hydrogen-bond acceptors (Lipinski definition) is 3. The van der Waals surface area contributed by atoms with Gasteiger partial charge >= 0.3 is 0 Å². The minimum atomic E-state index is -0.348. The zero-order valence-electron chi connectivity index (χ0n) is 15.3. The molecule has 0 aromatic heterocycles. The quantitative estimate of drug-likeness (QED) is 0.754. The predicted molar refractivity (Wildman–Crippen MR) is 104 cm³/mol. The first-order valence-corrected chi connectivity index (χ1v) is 10.4. The monoisotopic (exact) mass is 396 g/mol. The highest BCUT2D eigenvalue weighted by Gasteiger charge is 2.46. The number of halogens is 2. The molecule has 2 heterocycles. The third-order valence-corrected chi connectivity index (χ3v) is 6.99. The second kappa shape index (κ2) is 7.31. The molecule has 2 saturated heterocycles. The van der Waals surface area contributed by atoms with Crippen LogP contribution in [0.4, 0.5) is 0 Å². The van der Waals surface area contributed by atoms with Gasteiger partial charge in [0, 0.05) is 19.6 Å². The fourth-order valence-electron chi connectivity index (χ4n) is 4.79. The van der Waals surface area contributed by atoms with Crippen molar-refractivity contribution >= 4 is 29.1 Å². The third kappa shape index (κ3) is 3.15. The standard InChI is InChI=1S/C20H26Cl2N2O2/c1-20(23-7-2-3-8-23)13-26-10-9-24(20)19(25)15-6-4-5-14-11-17(21)18(22)12-16(14)15/h11-12,15H,2-10,13H2,1H3. The van der Waals surface area contributed by atoms with Crippen LogP contribution in [0.15, 0.2) is 12.1 Å². The fourth-order valence-corrected chi connectivity index (χ4v) is 5.15. The van der Waals surface area contributed by atoms with Crippen LogP contribution in [-0.2, 0) is 16.0 Å². The van der Waals surface area contributed by atoms with Crippen LogP contribution in [-0.4, -0.2) is 54.2 Å². The third-order valence-electron chi connectivity index (χ3n) is 6.26. The van der Waals surface area contributed by atoms with Gasteiger partial charge in [-0.25, -0.2) is 0 Å². The Morgan fingerprint density at radius 1 is 1.15 bits per heavy atom. The van der Waals surface area contributed by atoms with Gasteiger partial charge in [0.15, 0.2) is 0 Å². The van der Waals surface area contributed by atoms with E-state index in [1.165, 1.54) is 18.4 Å². The SMILES string of the molecule is CC1(N2CCCC2)COCCN1C(=O)C1CCCc2cc(Cl)c(Cl)cc21. The van der Waals surface area contributed by atoms with E-state index in [0.717, 1.165) is 37.9 Å². The molecule has 6 heteroatoms. The lowest BCUT2D eigenvalue weighted by Crippen LogP contribution is -2.66. The maximum Gasteiger partial charge on any atom is 0.231 e. The van der Waals surface area contributed by atoms with Crippen molar-refractivity contribution in [3.63, 3.8) is 0 Å². The average molecular weight is 397 g/mol. The molecule has 1 aromatic carbocycles. The van der Waals surface area contributed by atoms with Crippen LogP contribution < -0.4 is 0 Å². The van der Waals surface area contributed by atoms with Crippen LogP contribution >= 0.6 is 23.2 Å². The minimum Gasteiger partial charge on any atom is -0.376 e. The number of morpholine rings is 1. The highest BCUT2D eigenvalue weighted by atomic mass is 35.5. The number of carbonyl (C=O) groups is 1. The lowest BCUT2D eigenvalue weighted by Gasteiger charge is -2.51. The lowest BCUT2D eigenvalue weighted by atomic mass is 9.81. The smallest absolute Gasteiger partial charge is 0.231 e. The summed E-state index contributed by atoms with van der Waals surface area (Å²) in [4.78, 5) is 18.1. The van der Waals surface area contributed by atoms with Crippen LogP contribution in [0, 0.1) is 0 Å². The topological polar surface area (TPSA) is 32.8 Å². The molecule has 0 saturated carbocycles. The molecule has 0 spiro atoms. The van der Waals surface area contributed by atoms with Crippen molar-refractivity contribution in [1.29, 1.82) is 0 Å². The minimum absolute atomic E-state index is 0.131. The fraction of sp³-hybridized carbons (Fsp3) is 0.650. The molecule has 0 radical (unpaired) electrons. The van der Waals surface area contributed by atoms with Gasteiger partial charge in [-0.05, 0) is 62.3 Å². The highest BCUT2D eigenvalue weighted by Crippen LogP contribution is 2.39. The van der Waals surface area contributed by atoms with E-state index >= 15 is 0 Å². The van der Waals surface area contributed by atoms with E-state index in [0.29, 0.717) is 29.8 Å². The molecule has 2 aliphatic heterocycles. The molecule has 2 unspecified atom stereocenters. The van der Waals surface area contributed by atoms with Gasteiger partial charge in [0.1, 0.15) is 5.66 Å². The number of hydrogen-bond donors (Lipinski definition) is 0. The summed E-state index contributed by atoms with van der Waals surface area (Å²) in [6, 6.07) is 3.85. The molecule has 2 atom stereocenters. The highest BCUT2D eigenvalue weighted by molar-refractivity contribution is 6.42. The average Bonchev–Trinajstić information content (AvgIpc) is 3.18. The molecular formula is C20H26Cl2N2O2. The maximum absolute atomic E-state index is 13.7. The lowest BCUT2D eigenvalue weighted by molar-refractivity contribution is -0.169. The Kier molecular flexibility index (Phi) is 5.21. The van der Waals surface area contributed by atoms with E-state index in [4.69, 9.17) is 27.9 Å². The van der Waals surface area contributed by atoms with E-state index in [1.807, 2.05) is 12.1 Å². The number of rotatable bonds is 2. The summed E-state index contributed by atoms with van der Waals surface area (Å²) in [5.41, 5.74) is 1.88. The number of carbonyl (C=O) groups excluding carboxylic acids is 1. The molecule has 0 bridgehead atoms. The van der Waals surface area contributed by atoms with Gasteiger partial charge in [-0.3, -0.25) is 9.69 Å². The summed E-state index contributed by atoms with van der Waals surface area (Å²) in [5.74, 6) is 0.0792. The predicted octanol–water partition coefficient (Wildman–Crippen LogP) is 4.08. The second-order valence-electron chi connectivity index (χ2n) is 7.86. The number of nitrogens with zero attached hydrogens (tertiary/aromatic N) is 2. The van der Waals surface area contributed by atoms with Crippen molar-refractivity contribution in [2.75, 3.05) is 32.8 Å². The van der Waals surface area contributed by atoms with Gasteiger partial charge in [0.25, 0.3) is 0 Å². The molecule has 3 aliphatic rings. The molecule has 1 aliphatic carbocycles. The summed E-state index contributed by atoms with van der Waals surface area (Å²) in [6.07, 6.45) is 5.22. The van der Waals surface area contributed by atoms with Crippen LogP contribution in [0.1, 0.15) is 49.7 Å². The Morgan fingerprint density at radius 2 is 1.88 bits per heavy atom. The van der Waals surface area contributed by atoms with E-state index in [-0.39, 0.29) is 17.5 Å². The normalized spacial score (nSPS) is 29.7. The van der Waals surface area contributed by atoms with Crippen molar-refractivity contribution in [3.8, 4) is 0 Å². The van der Waals surface area contributed by atoms with E-state index in [2.05, 4.69) is 16.7 Å². The molecule has 26 heavy (non-hydrogen) atoms. The van der Waals surface area contributed by atoms with Gasteiger partial charge in [-0.2, -0.15) is 0 Å².